The summed E-state index contributed by atoms with van der Waals surface area (Å²) in [5.74, 6) is -1.33. The van der Waals surface area contributed by atoms with Gasteiger partial charge in [-0.25, -0.2) is 8.42 Å². The van der Waals surface area contributed by atoms with Gasteiger partial charge in [-0.2, -0.15) is 0 Å². The van der Waals surface area contributed by atoms with Crippen LogP contribution in [0.3, 0.4) is 0 Å². The van der Waals surface area contributed by atoms with Crippen LogP contribution in [-0.2, 0) is 25.8 Å². The Morgan fingerprint density at radius 2 is 1.88 bits per heavy atom. The molecule has 0 atom stereocenters. The normalized spacial score (nSPS) is 24.0. The highest BCUT2D eigenvalue weighted by Crippen LogP contribution is 2.40. The van der Waals surface area contributed by atoms with Crippen molar-refractivity contribution < 1.29 is 23.1 Å². The number of aliphatic hydroxyl groups is 1. The van der Waals surface area contributed by atoms with Crippen LogP contribution in [0.5, 0.6) is 0 Å². The third-order valence-corrected chi connectivity index (χ3v) is 6.97. The number of carbonyl (C=O) groups is 2. The number of fused-ring (bicyclic) bond motifs is 1. The van der Waals surface area contributed by atoms with E-state index in [1.165, 1.54) is 12.1 Å². The number of allylic oxidation sites excluding steroid dienone is 1. The van der Waals surface area contributed by atoms with Crippen molar-refractivity contribution in [3.05, 3.63) is 33.9 Å². The third-order valence-electron chi connectivity index (χ3n) is 4.75. The van der Waals surface area contributed by atoms with Crippen molar-refractivity contribution in [2.45, 2.75) is 38.0 Å². The van der Waals surface area contributed by atoms with E-state index in [0.29, 0.717) is 12.0 Å². The largest absolute Gasteiger partial charge is 0.506 e. The second kappa shape index (κ2) is 5.43. The first kappa shape index (κ1) is 17.2. The second-order valence-corrected chi connectivity index (χ2v) is 9.29. The molecule has 1 heterocycles. The minimum absolute atomic E-state index is 0.0340. The number of carbonyl (C=O) groups excluding carboxylic acids is 2. The molecule has 0 radical (unpaired) electrons. The van der Waals surface area contributed by atoms with E-state index in [1.54, 1.807) is 13.8 Å². The predicted molar refractivity (Wildman–Crippen MR) is 89.8 cm³/mol. The van der Waals surface area contributed by atoms with Gasteiger partial charge in [0.15, 0.2) is 21.4 Å². The topological polar surface area (TPSA) is 88.5 Å². The zero-order chi connectivity index (χ0) is 17.9. The number of Topliss-reactive ketones (excluding diaryl/α,β-unsaturated/α-hetero) is 2. The van der Waals surface area contributed by atoms with Crippen LogP contribution in [0.2, 0.25) is 5.02 Å². The van der Waals surface area contributed by atoms with Crippen LogP contribution in [0, 0.1) is 5.41 Å². The number of benzene rings is 1. The van der Waals surface area contributed by atoms with Gasteiger partial charge in [0.25, 0.3) is 0 Å². The summed E-state index contributed by atoms with van der Waals surface area (Å²) in [6.45, 7) is 3.46. The fraction of sp³-hybridized carbons (Fsp3) is 0.412. The monoisotopic (exact) mass is 368 g/mol. The molecule has 1 N–H and O–H groups in total. The predicted octanol–water partition coefficient (Wildman–Crippen LogP) is 2.90. The SMILES string of the molecule is CC1(C)CCC(=O)C(=C(O)c2ccc3c(c2Cl)CCS3(=O)=O)C1=O. The lowest BCUT2D eigenvalue weighted by atomic mass is 9.72. The second-order valence-electron chi connectivity index (χ2n) is 6.83. The summed E-state index contributed by atoms with van der Waals surface area (Å²) < 4.78 is 23.9. The van der Waals surface area contributed by atoms with Crippen LogP contribution in [-0.4, -0.2) is 30.8 Å². The van der Waals surface area contributed by atoms with E-state index in [1.807, 2.05) is 0 Å². The standard InChI is InChI=1S/C17H17ClO5S/c1-17(2)7-5-11(19)13(16(17)21)15(20)10-3-4-12-9(14(10)18)6-8-24(12,22)23/h3-4,20H,5-8H2,1-2H3. The molecule has 24 heavy (non-hydrogen) atoms. The average molecular weight is 369 g/mol. The molecular formula is C17H17ClO5S. The van der Waals surface area contributed by atoms with Gasteiger partial charge >= 0.3 is 0 Å². The molecule has 2 aliphatic rings. The first-order valence-corrected chi connectivity index (χ1v) is 9.65. The molecule has 0 spiro atoms. The highest BCUT2D eigenvalue weighted by Gasteiger charge is 2.41. The molecule has 0 aromatic heterocycles. The van der Waals surface area contributed by atoms with Crippen molar-refractivity contribution in [3.8, 4) is 0 Å². The van der Waals surface area contributed by atoms with Crippen molar-refractivity contribution in [2.75, 3.05) is 5.75 Å². The Bertz CT molecular complexity index is 909. The fourth-order valence-electron chi connectivity index (χ4n) is 3.16. The molecule has 128 valence electrons. The summed E-state index contributed by atoms with van der Waals surface area (Å²) in [6, 6.07) is 2.73. The Morgan fingerprint density at radius 1 is 1.21 bits per heavy atom. The maximum atomic E-state index is 12.5. The molecule has 1 aliphatic carbocycles. The van der Waals surface area contributed by atoms with Crippen molar-refractivity contribution in [2.24, 2.45) is 5.41 Å². The molecule has 0 bridgehead atoms. The Kier molecular flexibility index (Phi) is 3.88. The summed E-state index contributed by atoms with van der Waals surface area (Å²) in [4.78, 5) is 24.9. The van der Waals surface area contributed by atoms with E-state index in [-0.39, 0.29) is 39.6 Å². The molecule has 0 unspecified atom stereocenters. The lowest BCUT2D eigenvalue weighted by Crippen LogP contribution is -2.35. The number of ketones is 2. The molecule has 3 rings (SSSR count). The lowest BCUT2D eigenvalue weighted by Gasteiger charge is -2.29. The maximum absolute atomic E-state index is 12.5. The van der Waals surface area contributed by atoms with Gasteiger partial charge in [-0.1, -0.05) is 25.4 Å². The molecule has 1 saturated carbocycles. The number of aliphatic hydroxyl groups excluding tert-OH is 1. The van der Waals surface area contributed by atoms with Crippen LogP contribution < -0.4 is 0 Å². The van der Waals surface area contributed by atoms with E-state index in [4.69, 9.17) is 11.6 Å². The van der Waals surface area contributed by atoms with Gasteiger partial charge in [-0.3, -0.25) is 9.59 Å². The van der Waals surface area contributed by atoms with Gasteiger partial charge in [0.2, 0.25) is 0 Å². The van der Waals surface area contributed by atoms with Crippen LogP contribution in [0.25, 0.3) is 5.76 Å². The third kappa shape index (κ3) is 2.48. The Hall–Kier alpha value is -1.66. The summed E-state index contributed by atoms with van der Waals surface area (Å²) in [5.41, 5.74) is -0.420. The molecule has 5 nitrogen and oxygen atoms in total. The van der Waals surface area contributed by atoms with Crippen molar-refractivity contribution >= 4 is 38.8 Å². The Labute approximate surface area is 145 Å². The quantitative estimate of drug-likeness (QED) is 0.467. The van der Waals surface area contributed by atoms with E-state index in [0.717, 1.165) is 0 Å². The summed E-state index contributed by atoms with van der Waals surface area (Å²) in [6.07, 6.45) is 0.854. The summed E-state index contributed by atoms with van der Waals surface area (Å²) in [5, 5.41) is 10.7. The Balaban J connectivity index is 2.19. The number of sulfone groups is 1. The van der Waals surface area contributed by atoms with Crippen LogP contribution >= 0.6 is 11.6 Å². The van der Waals surface area contributed by atoms with Crippen molar-refractivity contribution in [3.63, 3.8) is 0 Å². The first-order valence-electron chi connectivity index (χ1n) is 7.62. The number of rotatable bonds is 1. The number of halogens is 1. The average Bonchev–Trinajstić information content (AvgIpc) is 2.81. The molecule has 1 fully saturated rings. The lowest BCUT2D eigenvalue weighted by molar-refractivity contribution is -0.130. The highest BCUT2D eigenvalue weighted by molar-refractivity contribution is 7.91. The molecule has 0 amide bonds. The van der Waals surface area contributed by atoms with Crippen molar-refractivity contribution in [1.82, 2.24) is 0 Å². The van der Waals surface area contributed by atoms with E-state index in [9.17, 15) is 23.1 Å². The highest BCUT2D eigenvalue weighted by atomic mass is 35.5. The van der Waals surface area contributed by atoms with Gasteiger partial charge in [0.05, 0.1) is 15.7 Å². The molecule has 1 aromatic carbocycles. The van der Waals surface area contributed by atoms with Crippen LogP contribution in [0.4, 0.5) is 0 Å². The van der Waals surface area contributed by atoms with Gasteiger partial charge in [-0.15, -0.1) is 0 Å². The summed E-state index contributed by atoms with van der Waals surface area (Å²) in [7, 11) is -3.35. The summed E-state index contributed by atoms with van der Waals surface area (Å²) >= 11 is 6.28. The maximum Gasteiger partial charge on any atom is 0.179 e. The first-order chi connectivity index (χ1) is 11.1. The molecule has 1 aromatic rings. The molecular weight excluding hydrogens is 352 g/mol. The zero-order valence-corrected chi connectivity index (χ0v) is 14.9. The van der Waals surface area contributed by atoms with E-state index < -0.39 is 32.6 Å². The molecule has 1 aliphatic heterocycles. The van der Waals surface area contributed by atoms with E-state index >= 15 is 0 Å². The van der Waals surface area contributed by atoms with Gasteiger partial charge < -0.3 is 5.11 Å². The van der Waals surface area contributed by atoms with Crippen molar-refractivity contribution in [1.29, 1.82) is 0 Å². The number of hydrogen-bond donors (Lipinski definition) is 1. The zero-order valence-electron chi connectivity index (χ0n) is 13.3. The van der Waals surface area contributed by atoms with Gasteiger partial charge in [-0.05, 0) is 30.5 Å². The number of hydrogen-bond acceptors (Lipinski definition) is 5. The van der Waals surface area contributed by atoms with Crippen LogP contribution in [0.1, 0.15) is 37.8 Å². The van der Waals surface area contributed by atoms with Gasteiger partial charge in [0, 0.05) is 17.4 Å². The fourth-order valence-corrected chi connectivity index (χ4v) is 5.11. The molecule has 0 saturated heterocycles. The van der Waals surface area contributed by atoms with E-state index in [2.05, 4.69) is 0 Å². The van der Waals surface area contributed by atoms with Crippen LogP contribution in [0.15, 0.2) is 22.6 Å². The minimum Gasteiger partial charge on any atom is -0.506 e. The smallest absolute Gasteiger partial charge is 0.179 e. The Morgan fingerprint density at radius 3 is 2.54 bits per heavy atom. The van der Waals surface area contributed by atoms with Gasteiger partial charge in [0.1, 0.15) is 11.3 Å². The molecule has 7 heteroatoms. The minimum atomic E-state index is -3.35.